The number of quaternary nitrogens is 1. The normalized spacial score (nSPS) is 27.5. The Morgan fingerprint density at radius 3 is 2.39 bits per heavy atom. The molecule has 9 heteroatoms. The molecule has 0 bridgehead atoms. The molecule has 6 nitrogen and oxygen atoms in total. The van der Waals surface area contributed by atoms with E-state index in [-0.39, 0.29) is 12.6 Å². The predicted octanol–water partition coefficient (Wildman–Crippen LogP) is 4.22. The Hall–Kier alpha value is -2.00. The lowest BCUT2D eigenvalue weighted by Gasteiger charge is -2.52. The molecule has 1 N–H and O–H groups in total. The number of rotatable bonds is 7. The average molecular weight is 496 g/mol. The molecule has 0 radical (unpaired) electrons. The van der Waals surface area contributed by atoms with Crippen molar-refractivity contribution in [3.8, 4) is 0 Å². The Morgan fingerprint density at radius 1 is 1.15 bits per heavy atom. The largest absolute Gasteiger partial charge is 0.465 e. The van der Waals surface area contributed by atoms with Gasteiger partial charge >= 0.3 is 5.97 Å². The second kappa shape index (κ2) is 9.70. The zero-order chi connectivity index (χ0) is 23.6. The quantitative estimate of drug-likeness (QED) is 0.461. The SMILES string of the molecule is COC(=O)c1ccc(CNS(=O)(=O)C2CC[N+](c3cccc(Cl)c3)(C3CC(F)C3)CC2)cc1. The summed E-state index contributed by atoms with van der Waals surface area (Å²) in [4.78, 5) is 11.6. The van der Waals surface area contributed by atoms with Crippen LogP contribution in [0.15, 0.2) is 48.5 Å². The highest BCUT2D eigenvalue weighted by atomic mass is 35.5. The topological polar surface area (TPSA) is 72.5 Å². The second-order valence-corrected chi connectivity index (χ2v) is 11.4. The minimum Gasteiger partial charge on any atom is -0.465 e. The molecular formula is C24H29ClFN2O4S+. The van der Waals surface area contributed by atoms with E-state index in [1.54, 1.807) is 24.3 Å². The molecule has 0 unspecified atom stereocenters. The molecule has 1 aliphatic heterocycles. The highest BCUT2D eigenvalue weighted by Gasteiger charge is 2.50. The Bertz CT molecular complexity index is 1100. The van der Waals surface area contributed by atoms with Crippen LogP contribution < -0.4 is 9.21 Å². The number of esters is 1. The Balaban J connectivity index is 1.42. The third-order valence-electron chi connectivity index (χ3n) is 7.07. The van der Waals surface area contributed by atoms with Gasteiger partial charge < -0.3 is 4.74 Å². The van der Waals surface area contributed by atoms with E-state index >= 15 is 0 Å². The number of nitrogens with zero attached hydrogens (tertiary/aromatic N) is 1. The van der Waals surface area contributed by atoms with Crippen LogP contribution in [0.3, 0.4) is 0 Å². The van der Waals surface area contributed by atoms with Crippen molar-refractivity contribution in [1.29, 1.82) is 0 Å². The number of likely N-dealkylation sites (tertiary alicyclic amines) is 1. The summed E-state index contributed by atoms with van der Waals surface area (Å²) in [6.45, 7) is 1.43. The fraction of sp³-hybridized carbons (Fsp3) is 0.458. The average Bonchev–Trinajstić information content (AvgIpc) is 2.80. The predicted molar refractivity (Wildman–Crippen MR) is 127 cm³/mol. The fourth-order valence-electron chi connectivity index (χ4n) is 5.01. The van der Waals surface area contributed by atoms with E-state index in [4.69, 9.17) is 11.6 Å². The summed E-state index contributed by atoms with van der Waals surface area (Å²) in [6, 6.07) is 14.5. The van der Waals surface area contributed by atoms with Crippen molar-refractivity contribution in [3.63, 3.8) is 0 Å². The molecule has 0 atom stereocenters. The molecule has 1 heterocycles. The van der Waals surface area contributed by atoms with Gasteiger partial charge in [-0.15, -0.1) is 0 Å². The van der Waals surface area contributed by atoms with Crippen molar-refractivity contribution in [2.24, 2.45) is 0 Å². The summed E-state index contributed by atoms with van der Waals surface area (Å²) in [5.74, 6) is -0.434. The number of hydrogen-bond donors (Lipinski definition) is 1. The van der Waals surface area contributed by atoms with Crippen molar-refractivity contribution in [3.05, 3.63) is 64.7 Å². The summed E-state index contributed by atoms with van der Waals surface area (Å²) in [5, 5.41) is 0.134. The van der Waals surface area contributed by atoms with Gasteiger partial charge in [0, 0.05) is 43.3 Å². The van der Waals surface area contributed by atoms with Gasteiger partial charge in [-0.2, -0.15) is 0 Å². The van der Waals surface area contributed by atoms with Gasteiger partial charge in [-0.1, -0.05) is 29.8 Å². The van der Waals surface area contributed by atoms with Crippen LogP contribution in [-0.2, 0) is 21.3 Å². The molecule has 2 aromatic rings. The van der Waals surface area contributed by atoms with Crippen molar-refractivity contribution < 1.29 is 22.3 Å². The lowest BCUT2D eigenvalue weighted by molar-refractivity contribution is 0.0463. The molecule has 0 aromatic heterocycles. The first-order valence-corrected chi connectivity index (χ1v) is 13.1. The number of carbonyl (C=O) groups excluding carboxylic acids is 1. The second-order valence-electron chi connectivity index (χ2n) is 8.94. The van der Waals surface area contributed by atoms with Crippen molar-refractivity contribution in [1.82, 2.24) is 9.21 Å². The number of carbonyl (C=O) groups is 1. The molecule has 2 fully saturated rings. The summed E-state index contributed by atoms with van der Waals surface area (Å²) in [7, 11) is -2.22. The van der Waals surface area contributed by atoms with E-state index in [2.05, 4.69) is 9.46 Å². The Labute approximate surface area is 199 Å². The molecule has 4 rings (SSSR count). The molecule has 1 saturated heterocycles. The van der Waals surface area contributed by atoms with Crippen LogP contribution in [0.25, 0.3) is 0 Å². The van der Waals surface area contributed by atoms with Crippen LogP contribution in [0.4, 0.5) is 10.1 Å². The number of ether oxygens (including phenoxy) is 1. The van der Waals surface area contributed by atoms with Gasteiger partial charge in [0.2, 0.25) is 10.0 Å². The first-order valence-electron chi connectivity index (χ1n) is 11.2. The Kier molecular flexibility index (Phi) is 7.09. The van der Waals surface area contributed by atoms with Gasteiger partial charge in [-0.05, 0) is 29.8 Å². The lowest BCUT2D eigenvalue weighted by atomic mass is 9.84. The molecule has 33 heavy (non-hydrogen) atoms. The lowest BCUT2D eigenvalue weighted by Crippen LogP contribution is -2.66. The molecule has 1 aliphatic carbocycles. The fourth-order valence-corrected chi connectivity index (χ4v) is 6.63. The zero-order valence-electron chi connectivity index (χ0n) is 18.5. The van der Waals surface area contributed by atoms with Gasteiger partial charge in [0.15, 0.2) is 0 Å². The van der Waals surface area contributed by atoms with Crippen LogP contribution in [-0.4, -0.2) is 52.0 Å². The van der Waals surface area contributed by atoms with Gasteiger partial charge in [-0.25, -0.2) is 22.3 Å². The minimum absolute atomic E-state index is 0.154. The van der Waals surface area contributed by atoms with E-state index in [0.717, 1.165) is 11.3 Å². The Morgan fingerprint density at radius 2 is 1.82 bits per heavy atom. The summed E-state index contributed by atoms with van der Waals surface area (Å²) >= 11 is 6.24. The van der Waals surface area contributed by atoms with Crippen LogP contribution in [0, 0.1) is 0 Å². The van der Waals surface area contributed by atoms with E-state index < -0.39 is 27.4 Å². The highest BCUT2D eigenvalue weighted by Crippen LogP contribution is 2.42. The maximum atomic E-state index is 13.7. The first kappa shape index (κ1) is 24.1. The van der Waals surface area contributed by atoms with Crippen LogP contribution in [0.2, 0.25) is 5.02 Å². The third kappa shape index (κ3) is 5.09. The molecule has 0 spiro atoms. The van der Waals surface area contributed by atoms with Crippen LogP contribution in [0.5, 0.6) is 0 Å². The number of benzene rings is 2. The van der Waals surface area contributed by atoms with Crippen LogP contribution >= 0.6 is 11.6 Å². The van der Waals surface area contributed by atoms with E-state index in [0.29, 0.717) is 53.8 Å². The zero-order valence-corrected chi connectivity index (χ0v) is 20.1. The van der Waals surface area contributed by atoms with Gasteiger partial charge in [-0.3, -0.25) is 4.48 Å². The monoisotopic (exact) mass is 495 g/mol. The van der Waals surface area contributed by atoms with Gasteiger partial charge in [0.05, 0.1) is 37.1 Å². The van der Waals surface area contributed by atoms with Crippen molar-refractivity contribution >= 4 is 33.3 Å². The highest BCUT2D eigenvalue weighted by molar-refractivity contribution is 7.90. The summed E-state index contributed by atoms with van der Waals surface area (Å²) in [6.07, 6.45) is 1.22. The van der Waals surface area contributed by atoms with Crippen molar-refractivity contribution in [2.75, 3.05) is 20.2 Å². The van der Waals surface area contributed by atoms with E-state index in [1.807, 2.05) is 24.3 Å². The number of hydrogen-bond acceptors (Lipinski definition) is 4. The van der Waals surface area contributed by atoms with Crippen molar-refractivity contribution in [2.45, 2.75) is 49.7 Å². The molecule has 1 saturated carbocycles. The van der Waals surface area contributed by atoms with E-state index in [1.165, 1.54) is 7.11 Å². The molecule has 0 amide bonds. The molecule has 2 aromatic carbocycles. The number of alkyl halides is 1. The number of halogens is 2. The summed E-state index contributed by atoms with van der Waals surface area (Å²) in [5.41, 5.74) is 2.21. The molecular weight excluding hydrogens is 467 g/mol. The number of methoxy groups -OCH3 is 1. The molecule has 2 aliphatic rings. The first-order chi connectivity index (χ1) is 15.7. The number of piperidine rings is 1. The van der Waals surface area contributed by atoms with E-state index in [9.17, 15) is 17.6 Å². The van der Waals surface area contributed by atoms with Gasteiger partial charge in [0.1, 0.15) is 11.9 Å². The maximum absolute atomic E-state index is 13.7. The number of nitrogens with one attached hydrogen (secondary N) is 1. The standard InChI is InChI=1S/C24H29ClFN2O4S/c1-32-24(29)18-7-5-17(6-8-18)16-27-33(30,31)23-9-11-28(12-10-23,22-14-20(26)15-22)21-4-2-3-19(25)13-21/h2-8,13,20,22-23,27H,9-12,14-16H2,1H3/q+1. The maximum Gasteiger partial charge on any atom is 0.337 e. The minimum atomic E-state index is -3.53. The number of sulfonamides is 1. The summed E-state index contributed by atoms with van der Waals surface area (Å²) < 4.78 is 47.8. The van der Waals surface area contributed by atoms with Crippen LogP contribution in [0.1, 0.15) is 41.6 Å². The van der Waals surface area contributed by atoms with Gasteiger partial charge in [0.25, 0.3) is 0 Å². The third-order valence-corrected chi connectivity index (χ3v) is 9.20. The smallest absolute Gasteiger partial charge is 0.337 e. The molecule has 178 valence electrons.